The van der Waals surface area contributed by atoms with Gasteiger partial charge in [-0.1, -0.05) is 36.4 Å². The number of aliphatic carboxylic acids is 1. The maximum Gasteiger partial charge on any atom is 0.320 e. The average molecular weight is 369 g/mol. The van der Waals surface area contributed by atoms with Gasteiger partial charge in [-0.2, -0.15) is 0 Å². The van der Waals surface area contributed by atoms with Gasteiger partial charge < -0.3 is 14.6 Å². The van der Waals surface area contributed by atoms with Crippen molar-refractivity contribution in [3.63, 3.8) is 0 Å². The lowest BCUT2D eigenvalue weighted by molar-refractivity contribution is -0.142. The molecule has 2 aromatic carbocycles. The molecule has 1 N–H and O–H groups in total. The Balaban J connectivity index is 1.77. The van der Waals surface area contributed by atoms with Crippen LogP contribution in [0.1, 0.15) is 43.9 Å². The molecule has 1 saturated heterocycles. The zero-order valence-corrected chi connectivity index (χ0v) is 15.9. The second kappa shape index (κ2) is 8.91. The molecule has 0 amide bonds. The van der Waals surface area contributed by atoms with Crippen LogP contribution in [0.15, 0.2) is 48.5 Å². The molecule has 5 heteroatoms. The van der Waals surface area contributed by atoms with Crippen LogP contribution < -0.4 is 9.47 Å². The standard InChI is InChI=1S/C22H27NO4/c1-3-26-21-14-18(16(2)23-13-7-10-19(23)22(24)25)11-12-20(21)27-15-17-8-5-4-6-9-17/h4-6,8-9,11-12,14,16,19H,3,7,10,13,15H2,1-2H3,(H,24,25). The molecule has 27 heavy (non-hydrogen) atoms. The number of hydrogen-bond donors (Lipinski definition) is 1. The van der Waals surface area contributed by atoms with Crippen molar-refractivity contribution in [2.45, 2.75) is 45.4 Å². The maximum absolute atomic E-state index is 11.5. The van der Waals surface area contributed by atoms with Crippen LogP contribution in [0, 0.1) is 0 Å². The van der Waals surface area contributed by atoms with Gasteiger partial charge in [0.25, 0.3) is 0 Å². The predicted octanol–water partition coefficient (Wildman–Crippen LogP) is 4.27. The van der Waals surface area contributed by atoms with Crippen molar-refractivity contribution in [1.82, 2.24) is 4.90 Å². The molecule has 0 aliphatic carbocycles. The van der Waals surface area contributed by atoms with E-state index in [2.05, 4.69) is 11.8 Å². The van der Waals surface area contributed by atoms with Gasteiger partial charge in [-0.3, -0.25) is 9.69 Å². The van der Waals surface area contributed by atoms with Crippen molar-refractivity contribution in [3.8, 4) is 11.5 Å². The van der Waals surface area contributed by atoms with Crippen LogP contribution in [0.3, 0.4) is 0 Å². The molecule has 1 heterocycles. The third-order valence-corrected chi connectivity index (χ3v) is 5.06. The normalized spacial score (nSPS) is 18.2. The van der Waals surface area contributed by atoms with Crippen LogP contribution in [0.25, 0.3) is 0 Å². The van der Waals surface area contributed by atoms with Gasteiger partial charge in [0, 0.05) is 6.04 Å². The van der Waals surface area contributed by atoms with Crippen molar-refractivity contribution >= 4 is 5.97 Å². The second-order valence-corrected chi connectivity index (χ2v) is 6.82. The van der Waals surface area contributed by atoms with E-state index in [0.29, 0.717) is 31.1 Å². The van der Waals surface area contributed by atoms with E-state index in [1.807, 2.05) is 55.5 Å². The van der Waals surface area contributed by atoms with Crippen LogP contribution >= 0.6 is 0 Å². The molecular weight excluding hydrogens is 342 g/mol. The van der Waals surface area contributed by atoms with Crippen LogP contribution in [0.2, 0.25) is 0 Å². The summed E-state index contributed by atoms with van der Waals surface area (Å²) in [7, 11) is 0. The van der Waals surface area contributed by atoms with Gasteiger partial charge in [-0.25, -0.2) is 0 Å². The van der Waals surface area contributed by atoms with E-state index in [1.165, 1.54) is 0 Å². The Morgan fingerprint density at radius 2 is 1.96 bits per heavy atom. The van der Waals surface area contributed by atoms with E-state index in [9.17, 15) is 9.90 Å². The summed E-state index contributed by atoms with van der Waals surface area (Å²) in [4.78, 5) is 13.6. The van der Waals surface area contributed by atoms with Crippen molar-refractivity contribution in [2.24, 2.45) is 0 Å². The molecular formula is C22H27NO4. The minimum atomic E-state index is -0.743. The molecule has 2 atom stereocenters. The minimum Gasteiger partial charge on any atom is -0.490 e. The first kappa shape index (κ1) is 19.2. The van der Waals surface area contributed by atoms with Crippen molar-refractivity contribution in [3.05, 3.63) is 59.7 Å². The molecule has 3 rings (SSSR count). The Kier molecular flexibility index (Phi) is 6.35. The summed E-state index contributed by atoms with van der Waals surface area (Å²) < 4.78 is 11.8. The first-order valence-electron chi connectivity index (χ1n) is 9.52. The van der Waals surface area contributed by atoms with Crippen molar-refractivity contribution in [1.29, 1.82) is 0 Å². The number of likely N-dealkylation sites (tertiary alicyclic amines) is 1. The molecule has 5 nitrogen and oxygen atoms in total. The molecule has 0 saturated carbocycles. The summed E-state index contributed by atoms with van der Waals surface area (Å²) in [5, 5.41) is 9.45. The van der Waals surface area contributed by atoms with Crippen LogP contribution in [0.5, 0.6) is 11.5 Å². The van der Waals surface area contributed by atoms with E-state index in [4.69, 9.17) is 9.47 Å². The van der Waals surface area contributed by atoms with Crippen LogP contribution in [-0.2, 0) is 11.4 Å². The second-order valence-electron chi connectivity index (χ2n) is 6.82. The zero-order chi connectivity index (χ0) is 19.2. The topological polar surface area (TPSA) is 59.0 Å². The monoisotopic (exact) mass is 369 g/mol. The Morgan fingerprint density at radius 1 is 1.19 bits per heavy atom. The molecule has 144 valence electrons. The molecule has 0 aromatic heterocycles. The molecule has 1 fully saturated rings. The van der Waals surface area contributed by atoms with Crippen LogP contribution in [-0.4, -0.2) is 35.2 Å². The van der Waals surface area contributed by atoms with Crippen LogP contribution in [0.4, 0.5) is 0 Å². The molecule has 1 aliphatic heterocycles. The molecule has 0 radical (unpaired) electrons. The summed E-state index contributed by atoms with van der Waals surface area (Å²) in [5.41, 5.74) is 2.14. The van der Waals surface area contributed by atoms with E-state index in [-0.39, 0.29) is 6.04 Å². The number of hydrogen-bond acceptors (Lipinski definition) is 4. The third kappa shape index (κ3) is 4.61. The Labute approximate surface area is 160 Å². The summed E-state index contributed by atoms with van der Waals surface area (Å²) >= 11 is 0. The fourth-order valence-corrected chi connectivity index (χ4v) is 3.62. The van der Waals surface area contributed by atoms with Gasteiger partial charge in [0.2, 0.25) is 0 Å². The lowest BCUT2D eigenvalue weighted by Crippen LogP contribution is -2.37. The van der Waals surface area contributed by atoms with Gasteiger partial charge in [0.15, 0.2) is 11.5 Å². The summed E-state index contributed by atoms with van der Waals surface area (Å²) in [6.45, 7) is 5.81. The zero-order valence-electron chi connectivity index (χ0n) is 15.9. The minimum absolute atomic E-state index is 0.0102. The highest BCUT2D eigenvalue weighted by atomic mass is 16.5. The maximum atomic E-state index is 11.5. The number of ether oxygens (including phenoxy) is 2. The number of carboxylic acids is 1. The van der Waals surface area contributed by atoms with Gasteiger partial charge >= 0.3 is 5.97 Å². The predicted molar refractivity (Wildman–Crippen MR) is 104 cm³/mol. The number of carbonyl (C=O) groups is 1. The smallest absolute Gasteiger partial charge is 0.320 e. The van der Waals surface area contributed by atoms with Gasteiger partial charge in [0.1, 0.15) is 12.6 Å². The average Bonchev–Trinajstić information content (AvgIpc) is 3.17. The Bertz CT molecular complexity index is 762. The molecule has 2 aromatic rings. The molecule has 0 spiro atoms. The lowest BCUT2D eigenvalue weighted by atomic mass is 10.0. The molecule has 2 unspecified atom stereocenters. The third-order valence-electron chi connectivity index (χ3n) is 5.06. The SMILES string of the molecule is CCOc1cc(C(C)N2CCCC2C(=O)O)ccc1OCc1ccccc1. The number of carboxylic acid groups (broad SMARTS) is 1. The number of benzene rings is 2. The molecule has 0 bridgehead atoms. The largest absolute Gasteiger partial charge is 0.490 e. The van der Waals surface area contributed by atoms with Gasteiger partial charge in [0.05, 0.1) is 6.61 Å². The van der Waals surface area contributed by atoms with Gasteiger partial charge in [-0.05, 0) is 56.5 Å². The van der Waals surface area contributed by atoms with Crippen molar-refractivity contribution < 1.29 is 19.4 Å². The van der Waals surface area contributed by atoms with E-state index in [0.717, 1.165) is 24.1 Å². The van der Waals surface area contributed by atoms with Gasteiger partial charge in [-0.15, -0.1) is 0 Å². The summed E-state index contributed by atoms with van der Waals surface area (Å²) in [5.74, 6) is 0.656. The Morgan fingerprint density at radius 3 is 2.67 bits per heavy atom. The quantitative estimate of drug-likeness (QED) is 0.753. The van der Waals surface area contributed by atoms with E-state index >= 15 is 0 Å². The van der Waals surface area contributed by atoms with Crippen molar-refractivity contribution in [2.75, 3.05) is 13.2 Å². The highest BCUT2D eigenvalue weighted by Gasteiger charge is 2.34. The number of rotatable bonds is 8. The highest BCUT2D eigenvalue weighted by molar-refractivity contribution is 5.73. The lowest BCUT2D eigenvalue weighted by Gasteiger charge is -2.29. The van der Waals surface area contributed by atoms with E-state index < -0.39 is 12.0 Å². The fraction of sp³-hybridized carbons (Fsp3) is 0.409. The Hall–Kier alpha value is -2.53. The first-order valence-corrected chi connectivity index (χ1v) is 9.52. The molecule has 1 aliphatic rings. The summed E-state index contributed by atoms with van der Waals surface area (Å²) in [6.07, 6.45) is 1.62. The fourth-order valence-electron chi connectivity index (χ4n) is 3.62. The highest BCUT2D eigenvalue weighted by Crippen LogP contribution is 2.35. The first-order chi connectivity index (χ1) is 13.1. The summed E-state index contributed by atoms with van der Waals surface area (Å²) in [6, 6.07) is 15.5. The number of nitrogens with zero attached hydrogens (tertiary/aromatic N) is 1. The van der Waals surface area contributed by atoms with E-state index in [1.54, 1.807) is 0 Å².